The molecule has 3 aromatic carbocycles. The van der Waals surface area contributed by atoms with Crippen molar-refractivity contribution in [1.82, 2.24) is 9.88 Å². The van der Waals surface area contributed by atoms with Gasteiger partial charge in [0.1, 0.15) is 0 Å². The third-order valence-corrected chi connectivity index (χ3v) is 5.37. The maximum absolute atomic E-state index is 13.3. The van der Waals surface area contributed by atoms with Crippen LogP contribution in [0.1, 0.15) is 21.5 Å². The molecule has 1 aromatic heterocycles. The van der Waals surface area contributed by atoms with E-state index in [4.69, 9.17) is 4.42 Å². The summed E-state index contributed by atoms with van der Waals surface area (Å²) in [6.07, 6.45) is 2.59. The molecule has 0 saturated heterocycles. The summed E-state index contributed by atoms with van der Waals surface area (Å²) in [5.41, 5.74) is 4.84. The monoisotopic (exact) mass is 380 g/mol. The van der Waals surface area contributed by atoms with Crippen LogP contribution in [-0.4, -0.2) is 22.3 Å². The second-order valence-electron chi connectivity index (χ2n) is 7.19. The van der Waals surface area contributed by atoms with Crippen molar-refractivity contribution in [3.63, 3.8) is 0 Å². The Morgan fingerprint density at radius 3 is 2.45 bits per heavy atom. The number of hydrogen-bond acceptors (Lipinski definition) is 3. The zero-order valence-electron chi connectivity index (χ0n) is 15.9. The van der Waals surface area contributed by atoms with Crippen molar-refractivity contribution in [2.24, 2.45) is 0 Å². The van der Waals surface area contributed by atoms with Gasteiger partial charge in [-0.1, -0.05) is 66.7 Å². The highest BCUT2D eigenvalue weighted by molar-refractivity contribution is 6.00. The third kappa shape index (κ3) is 3.34. The van der Waals surface area contributed by atoms with E-state index in [1.165, 1.54) is 11.1 Å². The maximum Gasteiger partial charge on any atom is 0.254 e. The van der Waals surface area contributed by atoms with Crippen molar-refractivity contribution in [3.8, 4) is 22.8 Å². The molecule has 29 heavy (non-hydrogen) atoms. The molecule has 0 saturated carbocycles. The second kappa shape index (κ2) is 7.40. The highest BCUT2D eigenvalue weighted by Crippen LogP contribution is 2.30. The molecule has 4 aromatic rings. The number of hydrogen-bond donors (Lipinski definition) is 0. The van der Waals surface area contributed by atoms with Crippen LogP contribution in [0.5, 0.6) is 0 Å². The summed E-state index contributed by atoms with van der Waals surface area (Å²) < 4.78 is 6.01. The molecule has 1 aliphatic heterocycles. The van der Waals surface area contributed by atoms with Gasteiger partial charge in [-0.3, -0.25) is 4.79 Å². The van der Waals surface area contributed by atoms with Gasteiger partial charge in [0.25, 0.3) is 5.91 Å². The first-order chi connectivity index (χ1) is 14.3. The van der Waals surface area contributed by atoms with Crippen molar-refractivity contribution < 1.29 is 9.21 Å². The first-order valence-corrected chi connectivity index (χ1v) is 9.76. The van der Waals surface area contributed by atoms with E-state index in [-0.39, 0.29) is 5.91 Å². The average molecular weight is 380 g/mol. The van der Waals surface area contributed by atoms with Crippen molar-refractivity contribution in [2.45, 2.75) is 13.0 Å². The van der Waals surface area contributed by atoms with Crippen LogP contribution in [0.25, 0.3) is 22.8 Å². The van der Waals surface area contributed by atoms with E-state index in [1.807, 2.05) is 65.6 Å². The van der Waals surface area contributed by atoms with Gasteiger partial charge in [0.2, 0.25) is 5.89 Å². The number of nitrogens with zero attached hydrogens (tertiary/aromatic N) is 2. The van der Waals surface area contributed by atoms with Gasteiger partial charge in [-0.25, -0.2) is 4.98 Å². The van der Waals surface area contributed by atoms with Crippen LogP contribution in [0, 0.1) is 0 Å². The highest BCUT2D eigenvalue weighted by atomic mass is 16.4. The van der Waals surface area contributed by atoms with E-state index in [1.54, 1.807) is 6.20 Å². The SMILES string of the molecule is O=C(c1ccccc1-c1ncc(-c2ccccc2)o1)N1CCc2ccccc2C1. The Balaban J connectivity index is 1.46. The van der Waals surface area contributed by atoms with Gasteiger partial charge in [0.05, 0.1) is 11.8 Å². The van der Waals surface area contributed by atoms with Gasteiger partial charge in [-0.05, 0) is 29.7 Å². The van der Waals surface area contributed by atoms with Crippen LogP contribution in [0.2, 0.25) is 0 Å². The predicted octanol–water partition coefficient (Wildman–Crippen LogP) is 5.21. The largest absolute Gasteiger partial charge is 0.436 e. The molecular formula is C25H20N2O2. The Hall–Kier alpha value is -3.66. The van der Waals surface area contributed by atoms with Gasteiger partial charge in [-0.15, -0.1) is 0 Å². The lowest BCUT2D eigenvalue weighted by Crippen LogP contribution is -2.36. The standard InChI is InChI=1S/C25H20N2O2/c28-25(27-15-14-18-8-4-5-11-20(18)17-27)22-13-7-6-12-21(22)24-26-16-23(29-24)19-9-2-1-3-10-19/h1-13,16H,14-15,17H2. The Bertz CT molecular complexity index is 1160. The normalized spacial score (nSPS) is 13.2. The fraction of sp³-hybridized carbons (Fsp3) is 0.120. The number of benzene rings is 3. The van der Waals surface area contributed by atoms with Crippen molar-refractivity contribution in [1.29, 1.82) is 0 Å². The molecule has 5 rings (SSSR count). The molecule has 2 heterocycles. The predicted molar refractivity (Wildman–Crippen MR) is 112 cm³/mol. The first-order valence-electron chi connectivity index (χ1n) is 9.76. The Kier molecular flexibility index (Phi) is 4.45. The summed E-state index contributed by atoms with van der Waals surface area (Å²) in [6.45, 7) is 1.34. The summed E-state index contributed by atoms with van der Waals surface area (Å²) >= 11 is 0. The summed E-state index contributed by atoms with van der Waals surface area (Å²) in [6, 6.07) is 25.7. The minimum Gasteiger partial charge on any atom is -0.436 e. The molecule has 0 radical (unpaired) electrons. The zero-order valence-corrected chi connectivity index (χ0v) is 15.9. The highest BCUT2D eigenvalue weighted by Gasteiger charge is 2.24. The summed E-state index contributed by atoms with van der Waals surface area (Å²) in [7, 11) is 0. The average Bonchev–Trinajstić information content (AvgIpc) is 3.29. The Labute approximate surface area is 169 Å². The van der Waals surface area contributed by atoms with E-state index in [2.05, 4.69) is 23.2 Å². The molecule has 0 bridgehead atoms. The van der Waals surface area contributed by atoms with Crippen LogP contribution in [0.4, 0.5) is 0 Å². The minimum absolute atomic E-state index is 0.00886. The smallest absolute Gasteiger partial charge is 0.254 e. The molecule has 142 valence electrons. The molecule has 0 unspecified atom stereocenters. The summed E-state index contributed by atoms with van der Waals surface area (Å²) in [5.74, 6) is 1.16. The van der Waals surface area contributed by atoms with Crippen LogP contribution >= 0.6 is 0 Å². The second-order valence-corrected chi connectivity index (χ2v) is 7.19. The molecule has 1 amide bonds. The van der Waals surface area contributed by atoms with E-state index in [0.29, 0.717) is 30.3 Å². The van der Waals surface area contributed by atoms with Crippen LogP contribution in [0.3, 0.4) is 0 Å². The molecule has 1 aliphatic rings. The van der Waals surface area contributed by atoms with E-state index >= 15 is 0 Å². The van der Waals surface area contributed by atoms with Gasteiger partial charge in [-0.2, -0.15) is 0 Å². The molecule has 4 nitrogen and oxygen atoms in total. The fourth-order valence-electron chi connectivity index (χ4n) is 3.83. The lowest BCUT2D eigenvalue weighted by Gasteiger charge is -2.29. The molecule has 0 aliphatic carbocycles. The molecular weight excluding hydrogens is 360 g/mol. The first kappa shape index (κ1) is 17.4. The minimum atomic E-state index is 0.00886. The number of amides is 1. The summed E-state index contributed by atoms with van der Waals surface area (Å²) in [5, 5.41) is 0. The summed E-state index contributed by atoms with van der Waals surface area (Å²) in [4.78, 5) is 19.7. The topological polar surface area (TPSA) is 46.3 Å². The molecule has 0 spiro atoms. The number of carbonyl (C=O) groups excluding carboxylic acids is 1. The lowest BCUT2D eigenvalue weighted by atomic mass is 9.98. The van der Waals surface area contributed by atoms with Gasteiger partial charge in [0, 0.05) is 24.2 Å². The Morgan fingerprint density at radius 1 is 0.862 bits per heavy atom. The van der Waals surface area contributed by atoms with Crippen molar-refractivity contribution in [3.05, 3.63) is 102 Å². The van der Waals surface area contributed by atoms with E-state index in [9.17, 15) is 4.79 Å². The fourth-order valence-corrected chi connectivity index (χ4v) is 3.83. The van der Waals surface area contributed by atoms with Crippen molar-refractivity contribution in [2.75, 3.05) is 6.54 Å². The van der Waals surface area contributed by atoms with Crippen LogP contribution in [-0.2, 0) is 13.0 Å². The molecule has 0 N–H and O–H groups in total. The van der Waals surface area contributed by atoms with Gasteiger partial charge < -0.3 is 9.32 Å². The van der Waals surface area contributed by atoms with Crippen LogP contribution < -0.4 is 0 Å². The van der Waals surface area contributed by atoms with Crippen LogP contribution in [0.15, 0.2) is 89.5 Å². The number of rotatable bonds is 3. The zero-order chi connectivity index (χ0) is 19.6. The number of aromatic nitrogens is 1. The molecule has 0 fully saturated rings. The number of oxazole rings is 1. The maximum atomic E-state index is 13.3. The number of fused-ring (bicyclic) bond motifs is 1. The lowest BCUT2D eigenvalue weighted by molar-refractivity contribution is 0.0735. The van der Waals surface area contributed by atoms with Crippen molar-refractivity contribution >= 4 is 5.91 Å². The van der Waals surface area contributed by atoms with E-state index in [0.717, 1.165) is 17.5 Å². The van der Waals surface area contributed by atoms with Gasteiger partial charge in [0.15, 0.2) is 5.76 Å². The molecule has 4 heteroatoms. The van der Waals surface area contributed by atoms with E-state index < -0.39 is 0 Å². The quantitative estimate of drug-likeness (QED) is 0.490. The van der Waals surface area contributed by atoms with Gasteiger partial charge >= 0.3 is 0 Å². The Morgan fingerprint density at radius 2 is 1.59 bits per heavy atom. The molecule has 0 atom stereocenters. The number of carbonyl (C=O) groups is 1. The third-order valence-electron chi connectivity index (χ3n) is 5.37.